The van der Waals surface area contributed by atoms with Gasteiger partial charge in [-0.3, -0.25) is 0 Å². The summed E-state index contributed by atoms with van der Waals surface area (Å²) < 4.78 is 27.6. The van der Waals surface area contributed by atoms with Crippen LogP contribution in [0.4, 0.5) is 0 Å². The predicted octanol–water partition coefficient (Wildman–Crippen LogP) is 3.96. The molecule has 2 atom stereocenters. The predicted molar refractivity (Wildman–Crippen MR) is 103 cm³/mol. The van der Waals surface area contributed by atoms with E-state index < -0.39 is 10.0 Å². The van der Waals surface area contributed by atoms with Gasteiger partial charge in [0.2, 0.25) is 10.0 Å². The molecule has 1 aromatic carbocycles. The van der Waals surface area contributed by atoms with Gasteiger partial charge in [0.05, 0.1) is 4.90 Å². The van der Waals surface area contributed by atoms with E-state index in [0.717, 1.165) is 30.3 Å². The molecule has 2 fully saturated rings. The van der Waals surface area contributed by atoms with Crippen LogP contribution in [0.5, 0.6) is 0 Å². The molecule has 26 heavy (non-hydrogen) atoms. The number of aryl methyl sites for hydroxylation is 1. The van der Waals surface area contributed by atoms with Crippen molar-refractivity contribution in [2.75, 3.05) is 13.1 Å². The van der Waals surface area contributed by atoms with Crippen molar-refractivity contribution in [3.63, 3.8) is 0 Å². The molecule has 1 aromatic rings. The largest absolute Gasteiger partial charge is 0.303 e. The molecule has 0 bridgehead atoms. The molecule has 1 saturated heterocycles. The molecule has 1 saturated carbocycles. The van der Waals surface area contributed by atoms with Crippen LogP contribution in [-0.2, 0) is 14.8 Å². The zero-order chi connectivity index (χ0) is 18.7. The Morgan fingerprint density at radius 3 is 2.38 bits per heavy atom. The topological polar surface area (TPSA) is 54.5 Å². The molecule has 1 aliphatic heterocycles. The summed E-state index contributed by atoms with van der Waals surface area (Å²) in [6.07, 6.45) is 7.48. The first-order valence-electron chi connectivity index (χ1n) is 9.64. The molecule has 3 rings (SSSR count). The Morgan fingerprint density at radius 2 is 1.77 bits per heavy atom. The third kappa shape index (κ3) is 3.94. The highest BCUT2D eigenvalue weighted by Gasteiger charge is 2.38. The van der Waals surface area contributed by atoms with Crippen LogP contribution in [0.2, 0.25) is 0 Å². The fourth-order valence-electron chi connectivity index (χ4n) is 4.35. The summed E-state index contributed by atoms with van der Waals surface area (Å²) in [5.74, 6) is 0.247. The molecule has 2 aliphatic rings. The van der Waals surface area contributed by atoms with Gasteiger partial charge in [0.1, 0.15) is 6.29 Å². The summed E-state index contributed by atoms with van der Waals surface area (Å²) in [7, 11) is -3.53. The van der Waals surface area contributed by atoms with E-state index in [2.05, 4.69) is 6.58 Å². The second kappa shape index (κ2) is 8.05. The molecule has 0 unspecified atom stereocenters. The summed E-state index contributed by atoms with van der Waals surface area (Å²) >= 11 is 0. The highest BCUT2D eigenvalue weighted by molar-refractivity contribution is 7.89. The second-order valence-corrected chi connectivity index (χ2v) is 9.72. The van der Waals surface area contributed by atoms with E-state index >= 15 is 0 Å². The first-order chi connectivity index (χ1) is 12.4. The summed E-state index contributed by atoms with van der Waals surface area (Å²) in [5, 5.41) is 0. The van der Waals surface area contributed by atoms with E-state index in [1.807, 2.05) is 19.1 Å². The highest BCUT2D eigenvalue weighted by Crippen LogP contribution is 2.38. The third-order valence-electron chi connectivity index (χ3n) is 6.07. The Bertz CT molecular complexity index is 748. The van der Waals surface area contributed by atoms with Crippen molar-refractivity contribution in [2.45, 2.75) is 50.3 Å². The number of hydrogen-bond acceptors (Lipinski definition) is 3. The van der Waals surface area contributed by atoms with Gasteiger partial charge in [-0.1, -0.05) is 49.1 Å². The van der Waals surface area contributed by atoms with Gasteiger partial charge in [-0.2, -0.15) is 4.31 Å². The van der Waals surface area contributed by atoms with Crippen molar-refractivity contribution in [1.82, 2.24) is 4.31 Å². The summed E-state index contributed by atoms with van der Waals surface area (Å²) in [5.41, 5.74) is 2.12. The SMILES string of the molecule is C=C(C1CCCCC1)[C@@H]1CN(S(=O)(=O)c2ccc(C)cc2)CC[C@H]1C=O. The Hall–Kier alpha value is -1.46. The van der Waals surface area contributed by atoms with E-state index in [0.29, 0.717) is 30.3 Å². The number of carbonyl (C=O) groups is 1. The quantitative estimate of drug-likeness (QED) is 0.578. The highest BCUT2D eigenvalue weighted by atomic mass is 32.2. The van der Waals surface area contributed by atoms with Crippen molar-refractivity contribution in [3.05, 3.63) is 42.0 Å². The molecule has 0 amide bonds. The van der Waals surface area contributed by atoms with E-state index in [1.165, 1.54) is 19.3 Å². The number of carbonyl (C=O) groups excluding carboxylic acids is 1. The van der Waals surface area contributed by atoms with Gasteiger partial charge < -0.3 is 4.79 Å². The normalized spacial score (nSPS) is 25.7. The monoisotopic (exact) mass is 375 g/mol. The lowest BCUT2D eigenvalue weighted by Gasteiger charge is -2.39. The van der Waals surface area contributed by atoms with Gasteiger partial charge in [0.15, 0.2) is 0 Å². The maximum atomic E-state index is 13.0. The molecule has 1 heterocycles. The van der Waals surface area contributed by atoms with Crippen LogP contribution in [-0.4, -0.2) is 32.1 Å². The fourth-order valence-corrected chi connectivity index (χ4v) is 5.83. The van der Waals surface area contributed by atoms with Crippen LogP contribution in [0.15, 0.2) is 41.3 Å². The number of piperidine rings is 1. The average molecular weight is 376 g/mol. The van der Waals surface area contributed by atoms with Gasteiger partial charge in [0, 0.05) is 24.9 Å². The number of benzene rings is 1. The minimum atomic E-state index is -3.53. The zero-order valence-electron chi connectivity index (χ0n) is 15.6. The Labute approximate surface area is 157 Å². The molecule has 5 heteroatoms. The summed E-state index contributed by atoms with van der Waals surface area (Å²) in [6, 6.07) is 6.98. The molecule has 0 N–H and O–H groups in total. The standard InChI is InChI=1S/C21H29NO3S/c1-16-8-10-20(11-9-16)26(24,25)22-13-12-19(15-23)21(14-22)17(2)18-6-4-3-5-7-18/h8-11,15,18-19,21H,2-7,12-14H2,1H3/t19-,21-/m0/s1. The molecular formula is C21H29NO3S. The van der Waals surface area contributed by atoms with Crippen molar-refractivity contribution < 1.29 is 13.2 Å². The minimum absolute atomic E-state index is 0.0652. The van der Waals surface area contributed by atoms with Gasteiger partial charge in [-0.25, -0.2) is 8.42 Å². The lowest BCUT2D eigenvalue weighted by molar-refractivity contribution is -0.113. The molecule has 0 aromatic heterocycles. The van der Waals surface area contributed by atoms with Crippen molar-refractivity contribution in [3.8, 4) is 0 Å². The number of aldehydes is 1. The van der Waals surface area contributed by atoms with Gasteiger partial charge in [-0.15, -0.1) is 0 Å². The first kappa shape index (κ1) is 19.3. The number of sulfonamides is 1. The van der Waals surface area contributed by atoms with Crippen molar-refractivity contribution >= 4 is 16.3 Å². The number of hydrogen-bond donors (Lipinski definition) is 0. The van der Waals surface area contributed by atoms with Crippen LogP contribution < -0.4 is 0 Å². The molecular weight excluding hydrogens is 346 g/mol. The number of nitrogens with zero attached hydrogens (tertiary/aromatic N) is 1. The Morgan fingerprint density at radius 1 is 1.12 bits per heavy atom. The van der Waals surface area contributed by atoms with Crippen molar-refractivity contribution in [2.24, 2.45) is 17.8 Å². The molecule has 0 spiro atoms. The van der Waals surface area contributed by atoms with Crippen LogP contribution in [0.1, 0.15) is 44.1 Å². The number of rotatable bonds is 5. The lowest BCUT2D eigenvalue weighted by atomic mass is 9.73. The van der Waals surface area contributed by atoms with E-state index in [4.69, 9.17) is 0 Å². The van der Waals surface area contributed by atoms with Crippen LogP contribution in [0.25, 0.3) is 0 Å². The lowest BCUT2D eigenvalue weighted by Crippen LogP contribution is -2.45. The fraction of sp³-hybridized carbons (Fsp3) is 0.571. The van der Waals surface area contributed by atoms with Crippen LogP contribution >= 0.6 is 0 Å². The smallest absolute Gasteiger partial charge is 0.243 e. The molecule has 4 nitrogen and oxygen atoms in total. The maximum absolute atomic E-state index is 13.0. The Kier molecular flexibility index (Phi) is 5.98. The Balaban J connectivity index is 1.80. The third-order valence-corrected chi connectivity index (χ3v) is 7.95. The zero-order valence-corrected chi connectivity index (χ0v) is 16.4. The summed E-state index contributed by atoms with van der Waals surface area (Å²) in [6.45, 7) is 7.03. The molecule has 1 aliphatic carbocycles. The van der Waals surface area contributed by atoms with Crippen LogP contribution in [0.3, 0.4) is 0 Å². The average Bonchev–Trinajstić information content (AvgIpc) is 2.68. The molecule has 142 valence electrons. The first-order valence-corrected chi connectivity index (χ1v) is 11.1. The second-order valence-electron chi connectivity index (χ2n) is 7.78. The minimum Gasteiger partial charge on any atom is -0.303 e. The van der Waals surface area contributed by atoms with E-state index in [9.17, 15) is 13.2 Å². The van der Waals surface area contributed by atoms with E-state index in [1.54, 1.807) is 16.4 Å². The van der Waals surface area contributed by atoms with Gasteiger partial charge in [-0.05, 0) is 44.2 Å². The van der Waals surface area contributed by atoms with Gasteiger partial charge in [0.25, 0.3) is 0 Å². The van der Waals surface area contributed by atoms with Crippen molar-refractivity contribution in [1.29, 1.82) is 0 Å². The maximum Gasteiger partial charge on any atom is 0.243 e. The molecule has 0 radical (unpaired) electrons. The summed E-state index contributed by atoms with van der Waals surface area (Å²) in [4.78, 5) is 11.9. The van der Waals surface area contributed by atoms with Gasteiger partial charge >= 0.3 is 0 Å². The van der Waals surface area contributed by atoms with E-state index in [-0.39, 0.29) is 11.8 Å². The van der Waals surface area contributed by atoms with Crippen LogP contribution in [0, 0.1) is 24.7 Å².